The third-order valence-electron chi connectivity index (χ3n) is 1.40. The van der Waals surface area contributed by atoms with Crippen molar-refractivity contribution in [2.45, 2.75) is 6.92 Å². The molecular formula is C7H12N6. The summed E-state index contributed by atoms with van der Waals surface area (Å²) in [6, 6.07) is 1.78. The number of aromatic amines is 1. The first kappa shape index (κ1) is 9.11. The van der Waals surface area contributed by atoms with Crippen molar-refractivity contribution in [1.82, 2.24) is 4.98 Å². The Balaban J connectivity index is 2.89. The summed E-state index contributed by atoms with van der Waals surface area (Å²) in [5, 5.41) is 0. The van der Waals surface area contributed by atoms with Gasteiger partial charge in [0.1, 0.15) is 0 Å². The van der Waals surface area contributed by atoms with Crippen molar-refractivity contribution in [1.29, 1.82) is 0 Å². The van der Waals surface area contributed by atoms with Crippen LogP contribution in [0.25, 0.3) is 0 Å². The molecule has 0 aliphatic carbocycles. The van der Waals surface area contributed by atoms with Crippen molar-refractivity contribution in [2.75, 3.05) is 0 Å². The minimum atomic E-state index is -0.102. The second kappa shape index (κ2) is 3.61. The van der Waals surface area contributed by atoms with Crippen LogP contribution in [-0.4, -0.2) is 16.9 Å². The summed E-state index contributed by atoms with van der Waals surface area (Å²) < 4.78 is 0. The van der Waals surface area contributed by atoms with Crippen molar-refractivity contribution in [3.05, 3.63) is 18.0 Å². The number of H-pyrrole nitrogens is 1. The molecule has 1 aromatic heterocycles. The largest absolute Gasteiger partial charge is 0.370 e. The van der Waals surface area contributed by atoms with Crippen molar-refractivity contribution >= 4 is 17.6 Å². The van der Waals surface area contributed by atoms with Gasteiger partial charge in [0.15, 0.2) is 5.96 Å². The fraction of sp³-hybridized carbons (Fsp3) is 0.143. The molecule has 0 saturated carbocycles. The van der Waals surface area contributed by atoms with Gasteiger partial charge in [0.05, 0.1) is 5.69 Å². The second-order valence-electron chi connectivity index (χ2n) is 2.49. The number of nitrogens with two attached hydrogens (primary N) is 3. The Labute approximate surface area is 75.5 Å². The van der Waals surface area contributed by atoms with E-state index in [1.807, 2.05) is 6.92 Å². The first-order valence-electron chi connectivity index (χ1n) is 3.67. The topological polar surface area (TPSA) is 119 Å². The maximum absolute atomic E-state index is 5.42. The molecule has 6 nitrogen and oxygen atoms in total. The maximum atomic E-state index is 5.42. The zero-order valence-corrected chi connectivity index (χ0v) is 7.28. The van der Waals surface area contributed by atoms with Gasteiger partial charge in [-0.2, -0.15) is 4.99 Å². The normalized spacial score (nSPS) is 11.3. The minimum Gasteiger partial charge on any atom is -0.370 e. The van der Waals surface area contributed by atoms with Crippen LogP contribution in [0.1, 0.15) is 5.69 Å². The predicted molar refractivity (Wildman–Crippen MR) is 52.6 cm³/mol. The van der Waals surface area contributed by atoms with Crippen molar-refractivity contribution in [3.63, 3.8) is 0 Å². The van der Waals surface area contributed by atoms with E-state index < -0.39 is 0 Å². The quantitative estimate of drug-likeness (QED) is 0.346. The highest BCUT2D eigenvalue weighted by atomic mass is 15.1. The molecule has 0 radical (unpaired) electrons. The number of hydrogen-bond donors (Lipinski definition) is 4. The molecule has 0 saturated heterocycles. The molecule has 0 bridgehead atoms. The van der Waals surface area contributed by atoms with E-state index in [-0.39, 0.29) is 11.9 Å². The zero-order valence-electron chi connectivity index (χ0n) is 7.28. The van der Waals surface area contributed by atoms with E-state index in [4.69, 9.17) is 17.2 Å². The first-order valence-corrected chi connectivity index (χ1v) is 3.67. The van der Waals surface area contributed by atoms with Crippen molar-refractivity contribution in [2.24, 2.45) is 27.2 Å². The van der Waals surface area contributed by atoms with E-state index >= 15 is 0 Å². The van der Waals surface area contributed by atoms with Crippen LogP contribution in [0.4, 0.5) is 5.69 Å². The lowest BCUT2D eigenvalue weighted by Gasteiger charge is -1.93. The molecule has 0 aliphatic heterocycles. The molecule has 0 spiro atoms. The lowest BCUT2D eigenvalue weighted by molar-refractivity contribution is 1.25. The molecule has 13 heavy (non-hydrogen) atoms. The summed E-state index contributed by atoms with van der Waals surface area (Å²) in [5.74, 6) is -0.0582. The number of aromatic nitrogens is 1. The van der Waals surface area contributed by atoms with Gasteiger partial charge >= 0.3 is 0 Å². The van der Waals surface area contributed by atoms with Gasteiger partial charge in [-0.05, 0) is 13.0 Å². The molecule has 0 fully saturated rings. The number of aryl methyl sites for hydroxylation is 1. The van der Waals surface area contributed by atoms with Gasteiger partial charge in [-0.1, -0.05) is 0 Å². The molecule has 1 rings (SSSR count). The molecular weight excluding hydrogens is 168 g/mol. The number of aliphatic imine (C=N–C) groups is 2. The number of nitrogens with zero attached hydrogens (tertiary/aromatic N) is 2. The molecule has 1 heterocycles. The van der Waals surface area contributed by atoms with Crippen LogP contribution in [-0.2, 0) is 0 Å². The Hall–Kier alpha value is -1.98. The van der Waals surface area contributed by atoms with Gasteiger partial charge in [0.25, 0.3) is 0 Å². The van der Waals surface area contributed by atoms with Gasteiger partial charge in [-0.15, -0.1) is 0 Å². The summed E-state index contributed by atoms with van der Waals surface area (Å²) in [4.78, 5) is 10.5. The molecule has 1 aromatic rings. The number of hydrogen-bond acceptors (Lipinski definition) is 1. The SMILES string of the molecule is Cc1[nH]ccc1N=C(N)N=C(N)N. The van der Waals surface area contributed by atoms with Crippen LogP contribution in [0.2, 0.25) is 0 Å². The summed E-state index contributed by atoms with van der Waals surface area (Å²) in [7, 11) is 0. The fourth-order valence-corrected chi connectivity index (χ4v) is 0.846. The summed E-state index contributed by atoms with van der Waals surface area (Å²) in [6.45, 7) is 1.88. The maximum Gasteiger partial charge on any atom is 0.223 e. The van der Waals surface area contributed by atoms with Gasteiger partial charge < -0.3 is 22.2 Å². The van der Waals surface area contributed by atoms with Crippen molar-refractivity contribution < 1.29 is 0 Å². The molecule has 0 atom stereocenters. The van der Waals surface area contributed by atoms with Gasteiger partial charge in [-0.25, -0.2) is 4.99 Å². The molecule has 6 heteroatoms. The van der Waals surface area contributed by atoms with E-state index in [0.717, 1.165) is 11.4 Å². The Morgan fingerprint density at radius 1 is 1.38 bits per heavy atom. The number of nitrogens with one attached hydrogen (secondary N) is 1. The molecule has 70 valence electrons. The van der Waals surface area contributed by atoms with Crippen LogP contribution in [0, 0.1) is 6.92 Å². The van der Waals surface area contributed by atoms with E-state index in [2.05, 4.69) is 15.0 Å². The summed E-state index contributed by atoms with van der Waals surface area (Å²) in [6.07, 6.45) is 1.76. The Bertz CT molecular complexity index is 344. The summed E-state index contributed by atoms with van der Waals surface area (Å²) in [5.41, 5.74) is 17.3. The lowest BCUT2D eigenvalue weighted by atomic mass is 10.4. The highest BCUT2D eigenvalue weighted by Gasteiger charge is 1.96. The monoisotopic (exact) mass is 180 g/mol. The van der Waals surface area contributed by atoms with E-state index in [1.165, 1.54) is 0 Å². The average molecular weight is 180 g/mol. The van der Waals surface area contributed by atoms with E-state index in [0.29, 0.717) is 0 Å². The number of guanidine groups is 2. The smallest absolute Gasteiger partial charge is 0.223 e. The Kier molecular flexibility index (Phi) is 2.53. The van der Waals surface area contributed by atoms with Gasteiger partial charge in [0.2, 0.25) is 5.96 Å². The second-order valence-corrected chi connectivity index (χ2v) is 2.49. The van der Waals surface area contributed by atoms with Gasteiger partial charge in [0, 0.05) is 11.9 Å². The third-order valence-corrected chi connectivity index (χ3v) is 1.40. The van der Waals surface area contributed by atoms with Crippen LogP contribution in [0.3, 0.4) is 0 Å². The first-order chi connectivity index (χ1) is 6.09. The van der Waals surface area contributed by atoms with Crippen LogP contribution in [0.15, 0.2) is 22.2 Å². The van der Waals surface area contributed by atoms with Crippen LogP contribution >= 0.6 is 0 Å². The highest BCUT2D eigenvalue weighted by Crippen LogP contribution is 2.15. The summed E-state index contributed by atoms with van der Waals surface area (Å²) >= 11 is 0. The third kappa shape index (κ3) is 2.51. The number of rotatable bonds is 1. The Morgan fingerprint density at radius 3 is 2.54 bits per heavy atom. The van der Waals surface area contributed by atoms with Crippen LogP contribution in [0.5, 0.6) is 0 Å². The molecule has 7 N–H and O–H groups in total. The zero-order chi connectivity index (χ0) is 9.84. The van der Waals surface area contributed by atoms with E-state index in [1.54, 1.807) is 12.3 Å². The molecule has 0 amide bonds. The molecule has 0 aromatic carbocycles. The molecule has 0 unspecified atom stereocenters. The van der Waals surface area contributed by atoms with E-state index in [9.17, 15) is 0 Å². The standard InChI is InChI=1S/C7H12N6/c1-4-5(2-3-11-4)12-7(10)13-6(8)9/h2-3,11H,1H3,(H6,8,9,10,12,13). The van der Waals surface area contributed by atoms with Crippen LogP contribution < -0.4 is 17.2 Å². The highest BCUT2D eigenvalue weighted by molar-refractivity contribution is 5.93. The molecule has 0 aliphatic rings. The predicted octanol–water partition coefficient (Wildman–Crippen LogP) is -0.457. The average Bonchev–Trinajstić information content (AvgIpc) is 2.34. The lowest BCUT2D eigenvalue weighted by Crippen LogP contribution is -2.26. The Morgan fingerprint density at radius 2 is 2.08 bits per heavy atom. The van der Waals surface area contributed by atoms with Gasteiger partial charge in [-0.3, -0.25) is 0 Å². The van der Waals surface area contributed by atoms with Crippen molar-refractivity contribution in [3.8, 4) is 0 Å². The minimum absolute atomic E-state index is 0.0442. The fourth-order valence-electron chi connectivity index (χ4n) is 0.846.